The lowest BCUT2D eigenvalue weighted by Gasteiger charge is -2.20. The van der Waals surface area contributed by atoms with Crippen molar-refractivity contribution in [2.24, 2.45) is 11.8 Å². The highest BCUT2D eigenvalue weighted by Gasteiger charge is 2.33. The van der Waals surface area contributed by atoms with Crippen LogP contribution in [0.25, 0.3) is 0 Å². The number of rotatable bonds is 4. The molecule has 0 N–H and O–H groups in total. The molecular weight excluding hydrogens is 208 g/mol. The normalized spacial score (nSPS) is 22.9. The second-order valence-corrected chi connectivity index (χ2v) is 3.33. The van der Waals surface area contributed by atoms with Crippen molar-refractivity contribution in [1.29, 1.82) is 0 Å². The molecule has 0 spiro atoms. The first kappa shape index (κ1) is 12.5. The van der Waals surface area contributed by atoms with Gasteiger partial charge in [-0.1, -0.05) is 24.3 Å². The molecule has 4 nitrogen and oxygen atoms in total. The van der Waals surface area contributed by atoms with Gasteiger partial charge in [0.25, 0.3) is 0 Å². The summed E-state index contributed by atoms with van der Waals surface area (Å²) in [5.74, 6) is -1.91. The van der Waals surface area contributed by atoms with Gasteiger partial charge in [0, 0.05) is 0 Å². The minimum Gasteiger partial charge on any atom is -0.466 e. The maximum Gasteiger partial charge on any atom is 0.313 e. The minimum atomic E-state index is -0.566. The molecule has 0 radical (unpaired) electrons. The molecule has 1 aliphatic carbocycles. The summed E-state index contributed by atoms with van der Waals surface area (Å²) >= 11 is 0. The zero-order valence-corrected chi connectivity index (χ0v) is 9.51. The van der Waals surface area contributed by atoms with Crippen LogP contribution >= 0.6 is 0 Å². The van der Waals surface area contributed by atoms with Crippen LogP contribution < -0.4 is 0 Å². The molecule has 88 valence electrons. The van der Waals surface area contributed by atoms with Crippen LogP contribution in [-0.4, -0.2) is 25.2 Å². The fourth-order valence-corrected chi connectivity index (χ4v) is 1.53. The largest absolute Gasteiger partial charge is 0.466 e. The summed E-state index contributed by atoms with van der Waals surface area (Å²) in [7, 11) is 0. The van der Waals surface area contributed by atoms with Gasteiger partial charge in [0.1, 0.15) is 0 Å². The third-order valence-electron chi connectivity index (χ3n) is 2.25. The van der Waals surface area contributed by atoms with E-state index in [0.29, 0.717) is 13.2 Å². The number of ether oxygens (including phenoxy) is 2. The molecule has 0 unspecified atom stereocenters. The summed E-state index contributed by atoms with van der Waals surface area (Å²) in [4.78, 5) is 23.2. The fourth-order valence-electron chi connectivity index (χ4n) is 1.53. The van der Waals surface area contributed by atoms with E-state index >= 15 is 0 Å². The number of carbonyl (C=O) groups excluding carboxylic acids is 2. The van der Waals surface area contributed by atoms with E-state index in [1.54, 1.807) is 38.2 Å². The highest BCUT2D eigenvalue weighted by Crippen LogP contribution is 2.22. The van der Waals surface area contributed by atoms with Gasteiger partial charge in [-0.2, -0.15) is 0 Å². The van der Waals surface area contributed by atoms with E-state index < -0.39 is 11.8 Å². The smallest absolute Gasteiger partial charge is 0.313 e. The summed E-state index contributed by atoms with van der Waals surface area (Å²) in [5, 5.41) is 0. The van der Waals surface area contributed by atoms with E-state index in [0.717, 1.165) is 0 Å². The molecule has 0 bridgehead atoms. The zero-order valence-electron chi connectivity index (χ0n) is 9.51. The standard InChI is InChI=1S/C12H16O4/c1-3-15-11(13)9-7-5-6-8-10(9)12(14)16-4-2/h5-10H,3-4H2,1-2H3/t9-,10-/m1/s1. The molecule has 0 heterocycles. The van der Waals surface area contributed by atoms with E-state index in [1.165, 1.54) is 0 Å². The monoisotopic (exact) mass is 224 g/mol. The topological polar surface area (TPSA) is 52.6 Å². The van der Waals surface area contributed by atoms with Gasteiger partial charge in [-0.05, 0) is 13.8 Å². The van der Waals surface area contributed by atoms with Crippen LogP contribution in [0.3, 0.4) is 0 Å². The number of hydrogen-bond acceptors (Lipinski definition) is 4. The Morgan fingerprint density at radius 1 is 0.938 bits per heavy atom. The molecule has 0 aromatic rings. The Labute approximate surface area is 94.9 Å². The van der Waals surface area contributed by atoms with Crippen LogP contribution in [0.4, 0.5) is 0 Å². The third-order valence-corrected chi connectivity index (χ3v) is 2.25. The molecule has 1 aliphatic rings. The van der Waals surface area contributed by atoms with Crippen LogP contribution in [0.15, 0.2) is 24.3 Å². The molecule has 16 heavy (non-hydrogen) atoms. The predicted molar refractivity (Wildman–Crippen MR) is 58.5 cm³/mol. The van der Waals surface area contributed by atoms with Crippen molar-refractivity contribution in [3.63, 3.8) is 0 Å². The van der Waals surface area contributed by atoms with E-state index in [2.05, 4.69) is 0 Å². The van der Waals surface area contributed by atoms with E-state index in [1.807, 2.05) is 0 Å². The molecule has 0 saturated carbocycles. The number of esters is 2. The highest BCUT2D eigenvalue weighted by atomic mass is 16.5. The molecule has 2 atom stereocenters. The van der Waals surface area contributed by atoms with Crippen molar-refractivity contribution in [2.75, 3.05) is 13.2 Å². The molecule has 0 saturated heterocycles. The second-order valence-electron chi connectivity index (χ2n) is 3.33. The lowest BCUT2D eigenvalue weighted by molar-refractivity contribution is -0.156. The lowest BCUT2D eigenvalue weighted by Crippen LogP contribution is -2.31. The van der Waals surface area contributed by atoms with E-state index in [4.69, 9.17) is 9.47 Å². The number of hydrogen-bond donors (Lipinski definition) is 0. The van der Waals surface area contributed by atoms with Crippen molar-refractivity contribution in [3.05, 3.63) is 24.3 Å². The first-order chi connectivity index (χ1) is 7.70. The highest BCUT2D eigenvalue weighted by molar-refractivity contribution is 5.85. The molecule has 4 heteroatoms. The molecule has 0 amide bonds. The molecule has 1 rings (SSSR count). The zero-order chi connectivity index (χ0) is 12.0. The molecule has 0 aromatic carbocycles. The van der Waals surface area contributed by atoms with Gasteiger partial charge in [0.2, 0.25) is 0 Å². The summed E-state index contributed by atoms with van der Waals surface area (Å²) in [6.07, 6.45) is 6.80. The number of carbonyl (C=O) groups is 2. The predicted octanol–water partition coefficient (Wildman–Crippen LogP) is 1.47. The van der Waals surface area contributed by atoms with Crippen molar-refractivity contribution in [3.8, 4) is 0 Å². The van der Waals surface area contributed by atoms with Gasteiger partial charge in [-0.15, -0.1) is 0 Å². The van der Waals surface area contributed by atoms with Crippen molar-refractivity contribution < 1.29 is 19.1 Å². The molecular formula is C12H16O4. The van der Waals surface area contributed by atoms with Gasteiger partial charge >= 0.3 is 11.9 Å². The van der Waals surface area contributed by atoms with Crippen LogP contribution in [0, 0.1) is 11.8 Å². The van der Waals surface area contributed by atoms with Gasteiger partial charge < -0.3 is 9.47 Å². The quantitative estimate of drug-likeness (QED) is 0.678. The first-order valence-electron chi connectivity index (χ1n) is 5.39. The van der Waals surface area contributed by atoms with Crippen molar-refractivity contribution >= 4 is 11.9 Å². The maximum atomic E-state index is 11.6. The SMILES string of the molecule is CCOC(=O)[C@@H]1C=CC=C[C@H]1C(=O)OCC. The van der Waals surface area contributed by atoms with Gasteiger partial charge in [0.15, 0.2) is 0 Å². The van der Waals surface area contributed by atoms with Crippen LogP contribution in [0.1, 0.15) is 13.8 Å². The molecule has 0 fully saturated rings. The summed E-state index contributed by atoms with van der Waals surface area (Å²) in [6.45, 7) is 4.09. The van der Waals surface area contributed by atoms with Crippen LogP contribution in [-0.2, 0) is 19.1 Å². The Hall–Kier alpha value is -1.58. The molecule has 0 aliphatic heterocycles. The van der Waals surface area contributed by atoms with Crippen molar-refractivity contribution in [1.82, 2.24) is 0 Å². The second kappa shape index (κ2) is 6.10. The molecule has 0 aromatic heterocycles. The average Bonchev–Trinajstić information content (AvgIpc) is 2.30. The Bertz CT molecular complexity index is 285. The summed E-state index contributed by atoms with van der Waals surface area (Å²) in [6, 6.07) is 0. The van der Waals surface area contributed by atoms with Crippen LogP contribution in [0.2, 0.25) is 0 Å². The Morgan fingerprint density at radius 3 is 1.62 bits per heavy atom. The van der Waals surface area contributed by atoms with E-state index in [9.17, 15) is 9.59 Å². The van der Waals surface area contributed by atoms with Gasteiger partial charge in [-0.25, -0.2) is 0 Å². The fraction of sp³-hybridized carbons (Fsp3) is 0.500. The van der Waals surface area contributed by atoms with E-state index in [-0.39, 0.29) is 11.9 Å². The van der Waals surface area contributed by atoms with Crippen molar-refractivity contribution in [2.45, 2.75) is 13.8 Å². The average molecular weight is 224 g/mol. The lowest BCUT2D eigenvalue weighted by atomic mass is 9.88. The summed E-state index contributed by atoms with van der Waals surface area (Å²) in [5.41, 5.74) is 0. The van der Waals surface area contributed by atoms with Gasteiger partial charge in [-0.3, -0.25) is 9.59 Å². The Balaban J connectivity index is 2.73. The van der Waals surface area contributed by atoms with Gasteiger partial charge in [0.05, 0.1) is 25.0 Å². The summed E-state index contributed by atoms with van der Waals surface area (Å²) < 4.78 is 9.82. The Kier molecular flexibility index (Phi) is 4.76. The van der Waals surface area contributed by atoms with Crippen LogP contribution in [0.5, 0.6) is 0 Å². The minimum absolute atomic E-state index is 0.308. The first-order valence-corrected chi connectivity index (χ1v) is 5.39. The number of allylic oxidation sites excluding steroid dienone is 2. The Morgan fingerprint density at radius 2 is 1.31 bits per heavy atom. The third kappa shape index (κ3) is 2.95. The maximum absolute atomic E-state index is 11.6.